The maximum atomic E-state index is 12.5. The van der Waals surface area contributed by atoms with Gasteiger partial charge in [-0.1, -0.05) is 35.9 Å². The van der Waals surface area contributed by atoms with Crippen molar-refractivity contribution in [3.05, 3.63) is 86.4 Å². The second-order valence-corrected chi connectivity index (χ2v) is 7.75. The fraction of sp³-hybridized carbons (Fsp3) is 0.0435. The highest BCUT2D eigenvalue weighted by Crippen LogP contribution is 2.33. The number of halogens is 1. The van der Waals surface area contributed by atoms with Gasteiger partial charge >= 0.3 is 0 Å². The van der Waals surface area contributed by atoms with E-state index in [-0.39, 0.29) is 22.1 Å². The molecule has 0 saturated carbocycles. The highest BCUT2D eigenvalue weighted by Gasteiger charge is 2.13. The van der Waals surface area contributed by atoms with Crippen molar-refractivity contribution in [1.29, 1.82) is 0 Å². The Kier molecular flexibility index (Phi) is 5.89. The van der Waals surface area contributed by atoms with Crippen LogP contribution in [0.5, 0.6) is 5.88 Å². The zero-order chi connectivity index (χ0) is 22.8. The van der Waals surface area contributed by atoms with E-state index in [9.17, 15) is 14.7 Å². The number of carbonyl (C=O) groups excluding carboxylic acids is 1. The Morgan fingerprint density at radius 1 is 1.16 bits per heavy atom. The lowest BCUT2D eigenvalue weighted by atomic mass is 10.1. The molecule has 0 unspecified atom stereocenters. The molecule has 7 nitrogen and oxygen atoms in total. The van der Waals surface area contributed by atoms with Crippen molar-refractivity contribution in [2.75, 3.05) is 5.32 Å². The Labute approximate surface area is 192 Å². The Bertz CT molecular complexity index is 1490. The quantitative estimate of drug-likeness (QED) is 0.288. The van der Waals surface area contributed by atoms with Crippen LogP contribution < -0.4 is 10.9 Å². The second kappa shape index (κ2) is 8.78. The van der Waals surface area contributed by atoms with Crippen molar-refractivity contribution in [3.63, 3.8) is 0 Å². The first-order valence-corrected chi connectivity index (χ1v) is 10.3. The van der Waals surface area contributed by atoms with Gasteiger partial charge in [-0.25, -0.2) is 0 Å². The lowest BCUT2D eigenvalue weighted by Crippen LogP contribution is -2.18. The highest BCUT2D eigenvalue weighted by atomic mass is 35.5. The summed E-state index contributed by atoms with van der Waals surface area (Å²) < 4.78 is 1.35. The summed E-state index contributed by atoms with van der Waals surface area (Å²) in [6.45, 7) is 1.42. The number of aromatic nitrogens is 2. The van der Waals surface area contributed by atoms with Crippen LogP contribution in [0.25, 0.3) is 16.5 Å². The SMILES string of the molecule is CC(=O)Nc1cccc2cccc(N=Cc3c(O)n(-c4ccc(Cl)cc4)c(=S)[nH]c3=O)c12. The van der Waals surface area contributed by atoms with Crippen LogP contribution in [-0.2, 0) is 4.79 Å². The van der Waals surface area contributed by atoms with Gasteiger partial charge in [0.25, 0.3) is 5.56 Å². The molecule has 0 saturated heterocycles. The van der Waals surface area contributed by atoms with Gasteiger partial charge in [-0.2, -0.15) is 0 Å². The van der Waals surface area contributed by atoms with E-state index in [1.165, 1.54) is 17.7 Å². The first-order valence-electron chi connectivity index (χ1n) is 9.53. The minimum absolute atomic E-state index is 0.0325. The molecule has 0 aliphatic heterocycles. The number of benzene rings is 3. The molecule has 0 atom stereocenters. The monoisotopic (exact) mass is 464 g/mol. The minimum Gasteiger partial charge on any atom is -0.494 e. The molecule has 0 aliphatic rings. The van der Waals surface area contributed by atoms with E-state index in [2.05, 4.69) is 15.3 Å². The molecule has 0 bridgehead atoms. The molecule has 1 heterocycles. The molecule has 3 N–H and O–H groups in total. The number of aromatic amines is 1. The number of rotatable bonds is 4. The lowest BCUT2D eigenvalue weighted by Gasteiger charge is -2.11. The number of carbonyl (C=O) groups is 1. The highest BCUT2D eigenvalue weighted by molar-refractivity contribution is 7.71. The summed E-state index contributed by atoms with van der Waals surface area (Å²) >= 11 is 11.2. The topological polar surface area (TPSA) is 99.5 Å². The van der Waals surface area contributed by atoms with Crippen LogP contribution in [0.3, 0.4) is 0 Å². The standard InChI is InChI=1S/C23H17ClN4O3S/c1-13(29)26-19-7-3-5-14-4-2-6-18(20(14)19)25-12-17-21(30)27-23(32)28(22(17)31)16-10-8-15(24)9-11-16/h2-12,31H,1H3,(H,26,29)(H,27,30,32). The fourth-order valence-corrected chi connectivity index (χ4v) is 3.75. The van der Waals surface area contributed by atoms with E-state index in [4.69, 9.17) is 23.8 Å². The van der Waals surface area contributed by atoms with Crippen molar-refractivity contribution in [1.82, 2.24) is 9.55 Å². The summed E-state index contributed by atoms with van der Waals surface area (Å²) in [5.41, 5.74) is 0.997. The average molecular weight is 465 g/mol. The predicted octanol–water partition coefficient (Wildman–Crippen LogP) is 5.12. The molecule has 0 aliphatic carbocycles. The minimum atomic E-state index is -0.580. The number of nitrogens with one attached hydrogen (secondary N) is 2. The fourth-order valence-electron chi connectivity index (χ4n) is 3.34. The number of nitrogens with zero attached hydrogens (tertiary/aromatic N) is 2. The predicted molar refractivity (Wildman–Crippen MR) is 129 cm³/mol. The number of fused-ring (bicyclic) bond motifs is 1. The van der Waals surface area contributed by atoms with Gasteiger partial charge in [0, 0.05) is 23.5 Å². The van der Waals surface area contributed by atoms with Gasteiger partial charge in [-0.15, -0.1) is 0 Å². The number of H-pyrrole nitrogens is 1. The largest absolute Gasteiger partial charge is 0.494 e. The Hall–Kier alpha value is -3.75. The molecule has 0 radical (unpaired) electrons. The van der Waals surface area contributed by atoms with Gasteiger partial charge in [-0.05, 0) is 54.0 Å². The van der Waals surface area contributed by atoms with E-state index >= 15 is 0 Å². The average Bonchev–Trinajstić information content (AvgIpc) is 2.74. The van der Waals surface area contributed by atoms with Crippen molar-refractivity contribution in [2.24, 2.45) is 4.99 Å². The summed E-state index contributed by atoms with van der Waals surface area (Å²) in [4.78, 5) is 31.1. The van der Waals surface area contributed by atoms with Gasteiger partial charge in [0.1, 0.15) is 5.56 Å². The number of aliphatic imine (C=N–C) groups is 1. The Balaban J connectivity index is 1.86. The van der Waals surface area contributed by atoms with Crippen LogP contribution in [0.2, 0.25) is 5.02 Å². The number of hydrogen-bond acceptors (Lipinski definition) is 5. The van der Waals surface area contributed by atoms with E-state index in [1.54, 1.807) is 36.4 Å². The number of aromatic hydroxyl groups is 1. The molecule has 0 spiro atoms. The third-order valence-electron chi connectivity index (χ3n) is 4.73. The van der Waals surface area contributed by atoms with Gasteiger partial charge in [0.15, 0.2) is 4.77 Å². The van der Waals surface area contributed by atoms with Crippen molar-refractivity contribution >= 4 is 58.1 Å². The van der Waals surface area contributed by atoms with Gasteiger partial charge in [-0.3, -0.25) is 24.1 Å². The van der Waals surface area contributed by atoms with E-state index in [0.717, 1.165) is 5.39 Å². The van der Waals surface area contributed by atoms with Gasteiger partial charge in [0.2, 0.25) is 11.8 Å². The first-order chi connectivity index (χ1) is 15.3. The Morgan fingerprint density at radius 2 is 1.84 bits per heavy atom. The number of amides is 1. The number of anilines is 1. The Morgan fingerprint density at radius 3 is 2.53 bits per heavy atom. The molecule has 1 amide bonds. The van der Waals surface area contributed by atoms with Crippen LogP contribution in [0, 0.1) is 4.77 Å². The van der Waals surface area contributed by atoms with Crippen LogP contribution in [0.15, 0.2) is 70.5 Å². The van der Waals surface area contributed by atoms with Gasteiger partial charge in [0.05, 0.1) is 17.1 Å². The van der Waals surface area contributed by atoms with Crippen LogP contribution in [0.1, 0.15) is 12.5 Å². The molecular weight excluding hydrogens is 448 g/mol. The molecule has 160 valence electrons. The molecule has 9 heteroatoms. The molecule has 4 rings (SSSR count). The molecule has 32 heavy (non-hydrogen) atoms. The van der Waals surface area contributed by atoms with Gasteiger partial charge < -0.3 is 10.4 Å². The van der Waals surface area contributed by atoms with Crippen LogP contribution in [0.4, 0.5) is 11.4 Å². The first kappa shape index (κ1) is 21.5. The van der Waals surface area contributed by atoms with Crippen molar-refractivity contribution in [2.45, 2.75) is 6.92 Å². The lowest BCUT2D eigenvalue weighted by molar-refractivity contribution is -0.114. The normalized spacial score (nSPS) is 11.2. The molecular formula is C23H17ClN4O3S. The number of hydrogen-bond donors (Lipinski definition) is 3. The molecule has 1 aromatic heterocycles. The van der Waals surface area contributed by atoms with Crippen molar-refractivity contribution in [3.8, 4) is 11.6 Å². The zero-order valence-electron chi connectivity index (χ0n) is 16.8. The summed E-state index contributed by atoms with van der Waals surface area (Å²) in [5, 5.41) is 15.7. The van der Waals surface area contributed by atoms with E-state index in [1.807, 2.05) is 24.3 Å². The summed E-state index contributed by atoms with van der Waals surface area (Å²) in [5.74, 6) is -0.567. The van der Waals surface area contributed by atoms with E-state index in [0.29, 0.717) is 27.5 Å². The maximum absolute atomic E-state index is 12.5. The molecule has 0 fully saturated rings. The third kappa shape index (κ3) is 4.18. The van der Waals surface area contributed by atoms with Crippen LogP contribution in [-0.4, -0.2) is 26.8 Å². The zero-order valence-corrected chi connectivity index (χ0v) is 18.4. The maximum Gasteiger partial charge on any atom is 0.264 e. The molecule has 4 aromatic rings. The van der Waals surface area contributed by atoms with Crippen molar-refractivity contribution < 1.29 is 9.90 Å². The smallest absolute Gasteiger partial charge is 0.264 e. The van der Waals surface area contributed by atoms with E-state index < -0.39 is 5.56 Å². The summed E-state index contributed by atoms with van der Waals surface area (Å²) in [6.07, 6.45) is 1.27. The summed E-state index contributed by atoms with van der Waals surface area (Å²) in [6, 6.07) is 17.6. The summed E-state index contributed by atoms with van der Waals surface area (Å²) in [7, 11) is 0. The molecule has 3 aromatic carbocycles. The third-order valence-corrected chi connectivity index (χ3v) is 5.27. The van der Waals surface area contributed by atoms with Crippen LogP contribution >= 0.6 is 23.8 Å². The second-order valence-electron chi connectivity index (χ2n) is 6.93.